The Morgan fingerprint density at radius 3 is 2.62 bits per heavy atom. The van der Waals surface area contributed by atoms with E-state index in [4.69, 9.17) is 10.2 Å². The van der Waals surface area contributed by atoms with Crippen LogP contribution in [0.25, 0.3) is 11.5 Å². The first kappa shape index (κ1) is 12.9. The lowest BCUT2D eigenvalue weighted by atomic mass is 10.1. The number of carbonyl (C=O) groups is 1. The van der Waals surface area contributed by atoms with Crippen LogP contribution >= 0.6 is 0 Å². The predicted octanol–water partition coefficient (Wildman–Crippen LogP) is 2.57. The number of nitrogens with one attached hydrogen (secondary N) is 1. The number of hydrogen-bond donors (Lipinski definition) is 2. The van der Waals surface area contributed by atoms with Gasteiger partial charge in [-0.3, -0.25) is 4.79 Å². The Morgan fingerprint density at radius 2 is 1.95 bits per heavy atom. The summed E-state index contributed by atoms with van der Waals surface area (Å²) in [5.74, 6) is 0.219. The van der Waals surface area contributed by atoms with Gasteiger partial charge in [-0.2, -0.15) is 0 Å². The maximum absolute atomic E-state index is 12.1. The van der Waals surface area contributed by atoms with E-state index in [2.05, 4.69) is 15.5 Å². The number of nitrogens with two attached hydrogens (primary N) is 1. The smallest absolute Gasteiger partial charge is 0.255 e. The normalized spacial score (nSPS) is 10.3. The highest BCUT2D eigenvalue weighted by Crippen LogP contribution is 2.19. The zero-order chi connectivity index (χ0) is 14.7. The molecule has 0 fully saturated rings. The van der Waals surface area contributed by atoms with Crippen LogP contribution in [-0.4, -0.2) is 16.1 Å². The Morgan fingerprint density at radius 1 is 1.14 bits per heavy atom. The van der Waals surface area contributed by atoms with Crippen LogP contribution in [0, 0.1) is 0 Å². The minimum atomic E-state index is -0.215. The van der Waals surface area contributed by atoms with Crippen molar-refractivity contribution in [3.8, 4) is 11.5 Å². The number of aromatic nitrogens is 2. The minimum absolute atomic E-state index is 0.215. The quantitative estimate of drug-likeness (QED) is 0.719. The van der Waals surface area contributed by atoms with Gasteiger partial charge in [0.2, 0.25) is 12.3 Å². The van der Waals surface area contributed by atoms with Crippen molar-refractivity contribution in [3.05, 3.63) is 60.5 Å². The van der Waals surface area contributed by atoms with E-state index in [1.54, 1.807) is 48.5 Å². The largest absolute Gasteiger partial charge is 0.423 e. The van der Waals surface area contributed by atoms with E-state index in [0.29, 0.717) is 22.8 Å². The van der Waals surface area contributed by atoms with Gasteiger partial charge in [-0.05, 0) is 42.5 Å². The number of nitrogens with zero attached hydrogens (tertiary/aromatic N) is 2. The second-order valence-electron chi connectivity index (χ2n) is 4.40. The molecule has 3 N–H and O–H groups in total. The summed E-state index contributed by atoms with van der Waals surface area (Å²) in [5, 5.41) is 10.2. The van der Waals surface area contributed by atoms with Crippen LogP contribution in [0.3, 0.4) is 0 Å². The van der Waals surface area contributed by atoms with Crippen LogP contribution in [0.1, 0.15) is 10.4 Å². The van der Waals surface area contributed by atoms with Crippen molar-refractivity contribution in [3.63, 3.8) is 0 Å². The molecular formula is C15H12N4O2. The number of hydrogen-bond acceptors (Lipinski definition) is 5. The first-order chi connectivity index (χ1) is 10.2. The molecule has 0 atom stereocenters. The van der Waals surface area contributed by atoms with Gasteiger partial charge in [0.25, 0.3) is 5.91 Å². The first-order valence-electron chi connectivity index (χ1n) is 6.26. The number of rotatable bonds is 3. The summed E-state index contributed by atoms with van der Waals surface area (Å²) in [5.41, 5.74) is 8.18. The average Bonchev–Trinajstić information content (AvgIpc) is 3.02. The van der Waals surface area contributed by atoms with Gasteiger partial charge in [-0.1, -0.05) is 6.07 Å². The molecule has 3 aromatic rings. The van der Waals surface area contributed by atoms with E-state index >= 15 is 0 Å². The second-order valence-corrected chi connectivity index (χ2v) is 4.40. The summed E-state index contributed by atoms with van der Waals surface area (Å²) in [6, 6.07) is 13.9. The molecule has 0 aliphatic heterocycles. The molecule has 1 aromatic heterocycles. The fraction of sp³-hybridized carbons (Fsp3) is 0. The van der Waals surface area contributed by atoms with E-state index in [1.807, 2.05) is 0 Å². The Labute approximate surface area is 120 Å². The lowest BCUT2D eigenvalue weighted by molar-refractivity contribution is 0.102. The fourth-order valence-electron chi connectivity index (χ4n) is 1.88. The molecule has 21 heavy (non-hydrogen) atoms. The van der Waals surface area contributed by atoms with Gasteiger partial charge in [-0.25, -0.2) is 0 Å². The van der Waals surface area contributed by atoms with E-state index in [-0.39, 0.29) is 5.91 Å². The number of amides is 1. The van der Waals surface area contributed by atoms with Crippen molar-refractivity contribution >= 4 is 17.3 Å². The molecule has 1 amide bonds. The molecule has 0 saturated carbocycles. The summed E-state index contributed by atoms with van der Waals surface area (Å²) < 4.78 is 5.10. The molecule has 0 aliphatic carbocycles. The van der Waals surface area contributed by atoms with Crippen LogP contribution < -0.4 is 11.1 Å². The lowest BCUT2D eigenvalue weighted by Crippen LogP contribution is -2.11. The molecule has 1 heterocycles. The Balaban J connectivity index is 1.75. The van der Waals surface area contributed by atoms with Gasteiger partial charge in [-0.15, -0.1) is 10.2 Å². The van der Waals surface area contributed by atoms with E-state index in [9.17, 15) is 4.79 Å². The molecule has 104 valence electrons. The molecule has 0 saturated heterocycles. The Hall–Kier alpha value is -3.15. The molecular weight excluding hydrogens is 268 g/mol. The summed E-state index contributed by atoms with van der Waals surface area (Å²) in [6.07, 6.45) is 1.27. The molecule has 0 bridgehead atoms. The molecule has 6 heteroatoms. The van der Waals surface area contributed by atoms with Crippen molar-refractivity contribution in [2.24, 2.45) is 0 Å². The minimum Gasteiger partial charge on any atom is -0.423 e. The number of nitrogen functional groups attached to an aromatic ring is 1. The number of anilines is 2. The average molecular weight is 280 g/mol. The van der Waals surface area contributed by atoms with Gasteiger partial charge in [0.05, 0.1) is 0 Å². The standard InChI is InChI=1S/C15H12N4O2/c16-12-3-1-2-11(8-12)14(20)18-13-6-4-10(5-7-13)15-19-17-9-21-15/h1-9H,16H2,(H,18,20). The topological polar surface area (TPSA) is 94.0 Å². The van der Waals surface area contributed by atoms with Gasteiger partial charge in [0.1, 0.15) is 0 Å². The summed E-state index contributed by atoms with van der Waals surface area (Å²) in [6.45, 7) is 0. The van der Waals surface area contributed by atoms with Crippen molar-refractivity contribution in [1.29, 1.82) is 0 Å². The molecule has 6 nitrogen and oxygen atoms in total. The molecule has 0 unspecified atom stereocenters. The summed E-state index contributed by atoms with van der Waals surface area (Å²) in [7, 11) is 0. The van der Waals surface area contributed by atoms with Crippen molar-refractivity contribution < 1.29 is 9.21 Å². The maximum Gasteiger partial charge on any atom is 0.255 e. The molecule has 0 aliphatic rings. The Kier molecular flexibility index (Phi) is 3.34. The third kappa shape index (κ3) is 2.89. The molecule has 0 radical (unpaired) electrons. The van der Waals surface area contributed by atoms with E-state index in [1.165, 1.54) is 6.39 Å². The number of benzene rings is 2. The maximum atomic E-state index is 12.1. The summed E-state index contributed by atoms with van der Waals surface area (Å²) in [4.78, 5) is 12.1. The monoisotopic (exact) mass is 280 g/mol. The van der Waals surface area contributed by atoms with Gasteiger partial charge >= 0.3 is 0 Å². The molecule has 0 spiro atoms. The zero-order valence-electron chi connectivity index (χ0n) is 11.0. The van der Waals surface area contributed by atoms with Crippen LogP contribution in [0.5, 0.6) is 0 Å². The predicted molar refractivity (Wildman–Crippen MR) is 78.5 cm³/mol. The van der Waals surface area contributed by atoms with Crippen molar-refractivity contribution in [2.75, 3.05) is 11.1 Å². The van der Waals surface area contributed by atoms with Gasteiger partial charge < -0.3 is 15.5 Å². The van der Waals surface area contributed by atoms with Crippen LogP contribution in [0.15, 0.2) is 59.3 Å². The highest BCUT2D eigenvalue weighted by Gasteiger charge is 2.07. The first-order valence-corrected chi connectivity index (χ1v) is 6.26. The Bertz CT molecular complexity index is 752. The lowest BCUT2D eigenvalue weighted by Gasteiger charge is -2.06. The molecule has 2 aromatic carbocycles. The van der Waals surface area contributed by atoms with Crippen LogP contribution in [-0.2, 0) is 0 Å². The van der Waals surface area contributed by atoms with Gasteiger partial charge in [0.15, 0.2) is 0 Å². The third-order valence-corrected chi connectivity index (χ3v) is 2.90. The third-order valence-electron chi connectivity index (χ3n) is 2.90. The SMILES string of the molecule is Nc1cccc(C(=O)Nc2ccc(-c3nnco3)cc2)c1. The highest BCUT2D eigenvalue weighted by molar-refractivity contribution is 6.04. The van der Waals surface area contributed by atoms with Crippen LogP contribution in [0.2, 0.25) is 0 Å². The highest BCUT2D eigenvalue weighted by atomic mass is 16.4. The van der Waals surface area contributed by atoms with Crippen molar-refractivity contribution in [1.82, 2.24) is 10.2 Å². The summed E-state index contributed by atoms with van der Waals surface area (Å²) >= 11 is 0. The van der Waals surface area contributed by atoms with Gasteiger partial charge in [0, 0.05) is 22.5 Å². The van der Waals surface area contributed by atoms with E-state index < -0.39 is 0 Å². The van der Waals surface area contributed by atoms with E-state index in [0.717, 1.165) is 5.56 Å². The van der Waals surface area contributed by atoms with Crippen LogP contribution in [0.4, 0.5) is 11.4 Å². The molecule has 3 rings (SSSR count). The van der Waals surface area contributed by atoms with Crippen molar-refractivity contribution in [2.45, 2.75) is 0 Å². The zero-order valence-corrected chi connectivity index (χ0v) is 11.0. The number of carbonyl (C=O) groups excluding carboxylic acids is 1. The fourth-order valence-corrected chi connectivity index (χ4v) is 1.88. The second kappa shape index (κ2) is 5.46.